The lowest BCUT2D eigenvalue weighted by Gasteiger charge is -2.23. The molecule has 0 unspecified atom stereocenters. The Morgan fingerprint density at radius 1 is 1.54 bits per heavy atom. The van der Waals surface area contributed by atoms with Gasteiger partial charge in [0.25, 0.3) is 0 Å². The van der Waals surface area contributed by atoms with Crippen molar-refractivity contribution < 1.29 is 9.53 Å². The number of rotatable bonds is 5. The van der Waals surface area contributed by atoms with E-state index in [2.05, 4.69) is 20.7 Å². The van der Waals surface area contributed by atoms with Crippen molar-refractivity contribution in [3.05, 3.63) is 40.8 Å². The minimum absolute atomic E-state index is 0.00797. The maximum atomic E-state index is 12.1. The fourth-order valence-corrected chi connectivity index (χ4v) is 3.03. The van der Waals surface area contributed by atoms with Gasteiger partial charge in [0.2, 0.25) is 5.88 Å². The smallest absolute Gasteiger partial charge is 0.315 e. The molecule has 1 atom stereocenters. The molecule has 0 saturated heterocycles. The highest BCUT2D eigenvalue weighted by Gasteiger charge is 2.24. The first kappa shape index (κ1) is 16.6. The van der Waals surface area contributed by atoms with Gasteiger partial charge in [0, 0.05) is 24.5 Å². The first-order valence-electron chi connectivity index (χ1n) is 7.93. The summed E-state index contributed by atoms with van der Waals surface area (Å²) < 4.78 is 7.32. The van der Waals surface area contributed by atoms with Crippen LogP contribution >= 0.6 is 11.6 Å². The molecule has 2 aromatic rings. The second-order valence-electron chi connectivity index (χ2n) is 5.65. The first-order valence-corrected chi connectivity index (χ1v) is 8.31. The van der Waals surface area contributed by atoms with Gasteiger partial charge in [-0.25, -0.2) is 9.78 Å². The predicted molar refractivity (Wildman–Crippen MR) is 90.2 cm³/mol. The van der Waals surface area contributed by atoms with E-state index in [4.69, 9.17) is 16.3 Å². The van der Waals surface area contributed by atoms with E-state index in [-0.39, 0.29) is 12.1 Å². The quantitative estimate of drug-likeness (QED) is 0.811. The number of hydrogen-bond acceptors (Lipinski definition) is 4. The maximum absolute atomic E-state index is 12.1. The standard InChI is InChI=1S/C16H20ClN5O2/c1-22-14-6-2-5-13(11(14)10-20-22)21-16(23)19-8-9-24-15-12(17)4-3-7-18-15/h3-4,7,10,13H,2,5-6,8-9H2,1H3,(H2,19,21,23)/t13-/m1/s1. The number of aryl methyl sites for hydroxylation is 1. The number of fused-ring (bicyclic) bond motifs is 1. The number of nitrogens with zero attached hydrogens (tertiary/aromatic N) is 3. The van der Waals surface area contributed by atoms with Crippen LogP contribution in [0.4, 0.5) is 4.79 Å². The number of aromatic nitrogens is 3. The van der Waals surface area contributed by atoms with Crippen LogP contribution in [0.2, 0.25) is 5.02 Å². The van der Waals surface area contributed by atoms with Gasteiger partial charge in [0.15, 0.2) is 0 Å². The molecule has 1 aliphatic carbocycles. The third-order valence-corrected chi connectivity index (χ3v) is 4.32. The molecule has 2 heterocycles. The highest BCUT2D eigenvalue weighted by atomic mass is 35.5. The van der Waals surface area contributed by atoms with Gasteiger partial charge in [-0.2, -0.15) is 5.10 Å². The van der Waals surface area contributed by atoms with E-state index in [0.717, 1.165) is 24.8 Å². The molecule has 2 N–H and O–H groups in total. The third-order valence-electron chi connectivity index (χ3n) is 4.03. The summed E-state index contributed by atoms with van der Waals surface area (Å²) in [5.41, 5.74) is 2.30. The number of carbonyl (C=O) groups excluding carboxylic acids is 1. The number of pyridine rings is 1. The van der Waals surface area contributed by atoms with E-state index >= 15 is 0 Å². The van der Waals surface area contributed by atoms with Gasteiger partial charge < -0.3 is 15.4 Å². The Hall–Kier alpha value is -2.28. The second kappa shape index (κ2) is 7.53. The van der Waals surface area contributed by atoms with Gasteiger partial charge in [-0.1, -0.05) is 11.6 Å². The largest absolute Gasteiger partial charge is 0.475 e. The summed E-state index contributed by atoms with van der Waals surface area (Å²) in [6, 6.07) is 3.23. The van der Waals surface area contributed by atoms with E-state index in [1.165, 1.54) is 5.69 Å². The number of urea groups is 1. The minimum Gasteiger partial charge on any atom is -0.475 e. The van der Waals surface area contributed by atoms with Crippen molar-refractivity contribution >= 4 is 17.6 Å². The molecule has 0 aromatic carbocycles. The number of hydrogen-bond donors (Lipinski definition) is 2. The molecule has 0 saturated carbocycles. The monoisotopic (exact) mass is 349 g/mol. The van der Waals surface area contributed by atoms with Crippen LogP contribution in [0.5, 0.6) is 5.88 Å². The van der Waals surface area contributed by atoms with Crippen LogP contribution in [0.1, 0.15) is 30.1 Å². The number of carbonyl (C=O) groups is 1. The molecule has 0 fully saturated rings. The van der Waals surface area contributed by atoms with Crippen LogP contribution in [0.3, 0.4) is 0 Å². The lowest BCUT2D eigenvalue weighted by atomic mass is 9.93. The van der Waals surface area contributed by atoms with Crippen LogP contribution in [0.25, 0.3) is 0 Å². The van der Waals surface area contributed by atoms with Gasteiger partial charge >= 0.3 is 6.03 Å². The topological polar surface area (TPSA) is 81.1 Å². The SMILES string of the molecule is Cn1ncc2c1CCC[C@H]2NC(=O)NCCOc1ncccc1Cl. The van der Waals surface area contributed by atoms with Crippen molar-refractivity contribution in [2.45, 2.75) is 25.3 Å². The molecular formula is C16H20ClN5O2. The molecule has 24 heavy (non-hydrogen) atoms. The first-order chi connectivity index (χ1) is 11.6. The molecule has 128 valence electrons. The zero-order valence-electron chi connectivity index (χ0n) is 13.5. The Labute approximate surface area is 145 Å². The van der Waals surface area contributed by atoms with Crippen LogP contribution in [0.15, 0.2) is 24.5 Å². The fourth-order valence-electron chi connectivity index (χ4n) is 2.86. The van der Waals surface area contributed by atoms with Gasteiger partial charge in [0.1, 0.15) is 11.6 Å². The van der Waals surface area contributed by atoms with Crippen molar-refractivity contribution in [3.8, 4) is 5.88 Å². The lowest BCUT2D eigenvalue weighted by Crippen LogP contribution is -2.40. The van der Waals surface area contributed by atoms with Crippen molar-refractivity contribution in [3.63, 3.8) is 0 Å². The molecule has 8 heteroatoms. The molecule has 0 spiro atoms. The average molecular weight is 350 g/mol. The Balaban J connectivity index is 1.44. The van der Waals surface area contributed by atoms with Gasteiger partial charge in [-0.15, -0.1) is 0 Å². The molecule has 3 rings (SSSR count). The van der Waals surface area contributed by atoms with E-state index in [1.807, 2.05) is 17.9 Å². The Kier molecular flexibility index (Phi) is 5.20. The summed E-state index contributed by atoms with van der Waals surface area (Å²) in [6.45, 7) is 0.665. The van der Waals surface area contributed by atoms with E-state index < -0.39 is 0 Å². The summed E-state index contributed by atoms with van der Waals surface area (Å²) in [7, 11) is 1.93. The highest BCUT2D eigenvalue weighted by Crippen LogP contribution is 2.28. The molecule has 0 bridgehead atoms. The number of ether oxygens (including phenoxy) is 1. The highest BCUT2D eigenvalue weighted by molar-refractivity contribution is 6.31. The van der Waals surface area contributed by atoms with E-state index in [1.54, 1.807) is 18.3 Å². The second-order valence-corrected chi connectivity index (χ2v) is 6.06. The summed E-state index contributed by atoms with van der Waals surface area (Å²) in [5, 5.41) is 10.5. The van der Waals surface area contributed by atoms with Crippen LogP contribution in [-0.2, 0) is 13.5 Å². The number of amides is 2. The van der Waals surface area contributed by atoms with E-state index in [9.17, 15) is 4.79 Å². The summed E-state index contributed by atoms with van der Waals surface area (Å²) >= 11 is 5.95. The Bertz CT molecular complexity index is 718. The zero-order chi connectivity index (χ0) is 16.9. The molecule has 1 aliphatic rings. The summed E-state index contributed by atoms with van der Waals surface area (Å²) in [5.74, 6) is 0.369. The zero-order valence-corrected chi connectivity index (χ0v) is 14.2. The third kappa shape index (κ3) is 3.79. The maximum Gasteiger partial charge on any atom is 0.315 e. The molecule has 0 aliphatic heterocycles. The van der Waals surface area contributed by atoms with E-state index in [0.29, 0.717) is 24.1 Å². The van der Waals surface area contributed by atoms with Gasteiger partial charge in [-0.05, 0) is 31.4 Å². The lowest BCUT2D eigenvalue weighted by molar-refractivity contribution is 0.230. The van der Waals surface area contributed by atoms with Crippen molar-refractivity contribution in [1.29, 1.82) is 0 Å². The van der Waals surface area contributed by atoms with Gasteiger partial charge in [0.05, 0.1) is 18.8 Å². The van der Waals surface area contributed by atoms with Crippen molar-refractivity contribution in [2.24, 2.45) is 7.05 Å². The van der Waals surface area contributed by atoms with Crippen LogP contribution in [0, 0.1) is 0 Å². The van der Waals surface area contributed by atoms with Crippen molar-refractivity contribution in [1.82, 2.24) is 25.4 Å². The molecule has 0 radical (unpaired) electrons. The van der Waals surface area contributed by atoms with Gasteiger partial charge in [-0.3, -0.25) is 4.68 Å². The van der Waals surface area contributed by atoms with Crippen molar-refractivity contribution in [2.75, 3.05) is 13.2 Å². The normalized spacial score (nSPS) is 16.3. The Morgan fingerprint density at radius 2 is 2.42 bits per heavy atom. The average Bonchev–Trinajstić information content (AvgIpc) is 2.96. The molecular weight excluding hydrogens is 330 g/mol. The summed E-state index contributed by atoms with van der Waals surface area (Å²) in [6.07, 6.45) is 6.41. The number of nitrogens with one attached hydrogen (secondary N) is 2. The number of halogens is 1. The predicted octanol–water partition coefficient (Wildman–Crippen LogP) is 2.22. The summed E-state index contributed by atoms with van der Waals surface area (Å²) in [4.78, 5) is 16.1. The Morgan fingerprint density at radius 3 is 3.25 bits per heavy atom. The minimum atomic E-state index is -0.215. The molecule has 2 aromatic heterocycles. The fraction of sp³-hybridized carbons (Fsp3) is 0.438. The van der Waals surface area contributed by atoms with Crippen LogP contribution in [-0.4, -0.2) is 33.9 Å². The molecule has 7 nitrogen and oxygen atoms in total. The van der Waals surface area contributed by atoms with Crippen LogP contribution < -0.4 is 15.4 Å². The molecule has 2 amide bonds.